The van der Waals surface area contributed by atoms with Crippen molar-refractivity contribution in [1.29, 1.82) is 0 Å². The molecule has 1 unspecified atom stereocenters. The maximum Gasteiger partial charge on any atom is 0.289 e. The second-order valence-corrected chi connectivity index (χ2v) is 5.27. The smallest absolute Gasteiger partial charge is 0.289 e. The zero-order chi connectivity index (χ0) is 12.7. The van der Waals surface area contributed by atoms with Crippen LogP contribution in [0, 0.1) is 5.21 Å². The Kier molecular flexibility index (Phi) is 2.66. The van der Waals surface area contributed by atoms with E-state index in [1.54, 1.807) is 12.1 Å². The van der Waals surface area contributed by atoms with E-state index in [9.17, 15) is 10.0 Å². The highest BCUT2D eigenvalue weighted by atomic mass is 79.9. The molecule has 6 heteroatoms. The minimum absolute atomic E-state index is 0.115. The molecular weight excluding hydrogens is 298 g/mol. The Balaban J connectivity index is 2.15. The monoisotopic (exact) mass is 307 g/mol. The number of carbonyl (C=O) groups is 1. The summed E-state index contributed by atoms with van der Waals surface area (Å²) in [6.45, 7) is 0. The molecule has 1 aromatic carbocycles. The Hall–Kier alpha value is -1.69. The van der Waals surface area contributed by atoms with Crippen LogP contribution in [-0.4, -0.2) is 20.5 Å². The Morgan fingerprint density at radius 1 is 1.39 bits per heavy atom. The SMILES string of the molecule is O=C1c2nn(-c3ccccc3)[n+]([O-])c2CCC1Br. The number of ketones is 1. The van der Waals surface area contributed by atoms with Crippen molar-refractivity contribution in [3.05, 3.63) is 46.9 Å². The molecule has 1 aliphatic carbocycles. The van der Waals surface area contributed by atoms with Crippen LogP contribution in [0.15, 0.2) is 30.3 Å². The van der Waals surface area contributed by atoms with Crippen molar-refractivity contribution in [3.8, 4) is 5.69 Å². The summed E-state index contributed by atoms with van der Waals surface area (Å²) in [5, 5.41) is 16.3. The minimum Gasteiger partial charge on any atom is -0.692 e. The van der Waals surface area contributed by atoms with Gasteiger partial charge in [-0.3, -0.25) is 4.79 Å². The van der Waals surface area contributed by atoms with Crippen LogP contribution in [-0.2, 0) is 6.42 Å². The Labute approximate surface area is 112 Å². The highest BCUT2D eigenvalue weighted by Gasteiger charge is 2.37. The van der Waals surface area contributed by atoms with E-state index in [1.807, 2.05) is 18.2 Å². The summed E-state index contributed by atoms with van der Waals surface area (Å²) < 4.78 is 0. The van der Waals surface area contributed by atoms with E-state index in [0.717, 1.165) is 0 Å². The maximum absolute atomic E-state index is 12.1. The van der Waals surface area contributed by atoms with Crippen LogP contribution >= 0.6 is 15.9 Å². The van der Waals surface area contributed by atoms with Gasteiger partial charge in [-0.1, -0.05) is 34.1 Å². The number of Topliss-reactive ketones (excluding diaryl/α,β-unsaturated/α-hetero) is 1. The normalized spacial score (nSPS) is 18.7. The van der Waals surface area contributed by atoms with Crippen LogP contribution in [0.2, 0.25) is 0 Å². The van der Waals surface area contributed by atoms with E-state index >= 15 is 0 Å². The Bertz CT molecular complexity index is 609. The number of nitrogens with zero attached hydrogens (tertiary/aromatic N) is 3. The molecule has 5 nitrogen and oxygen atoms in total. The summed E-state index contributed by atoms with van der Waals surface area (Å²) in [6, 6.07) is 9.07. The molecule has 0 aliphatic heterocycles. The number of halogens is 1. The van der Waals surface area contributed by atoms with Crippen LogP contribution in [0.4, 0.5) is 0 Å². The topological polar surface area (TPSA) is 61.8 Å². The lowest BCUT2D eigenvalue weighted by Crippen LogP contribution is -2.41. The molecule has 1 atom stereocenters. The average Bonchev–Trinajstić information content (AvgIpc) is 2.73. The van der Waals surface area contributed by atoms with E-state index in [1.165, 1.54) is 4.80 Å². The first-order valence-corrected chi connectivity index (χ1v) is 6.55. The zero-order valence-electron chi connectivity index (χ0n) is 9.41. The summed E-state index contributed by atoms with van der Waals surface area (Å²) in [6.07, 6.45) is 1.20. The van der Waals surface area contributed by atoms with Gasteiger partial charge in [-0.05, 0) is 23.4 Å². The fraction of sp³-hybridized carbons (Fsp3) is 0.250. The molecule has 1 heterocycles. The van der Waals surface area contributed by atoms with E-state index in [-0.39, 0.29) is 16.3 Å². The lowest BCUT2D eigenvalue weighted by atomic mass is 10.00. The quantitative estimate of drug-likeness (QED) is 0.454. The Morgan fingerprint density at radius 2 is 2.11 bits per heavy atom. The number of rotatable bonds is 1. The molecule has 92 valence electrons. The summed E-state index contributed by atoms with van der Waals surface area (Å²) >= 11 is 3.30. The summed E-state index contributed by atoms with van der Waals surface area (Å²) in [5.74, 6) is -0.115. The lowest BCUT2D eigenvalue weighted by molar-refractivity contribution is -0.695. The zero-order valence-corrected chi connectivity index (χ0v) is 11.0. The molecule has 1 aliphatic rings. The molecule has 18 heavy (non-hydrogen) atoms. The lowest BCUT2D eigenvalue weighted by Gasteiger charge is -2.11. The third kappa shape index (κ3) is 1.64. The molecule has 0 N–H and O–H groups in total. The van der Waals surface area contributed by atoms with Crippen molar-refractivity contribution in [3.63, 3.8) is 0 Å². The van der Waals surface area contributed by atoms with Gasteiger partial charge in [0.1, 0.15) is 5.69 Å². The van der Waals surface area contributed by atoms with Gasteiger partial charge >= 0.3 is 0 Å². The number of carbonyl (C=O) groups excluding carboxylic acids is 1. The van der Waals surface area contributed by atoms with Crippen LogP contribution in [0.1, 0.15) is 22.6 Å². The molecule has 1 aromatic heterocycles. The average molecular weight is 308 g/mol. The standard InChI is InChI=1S/C12H10BrN3O2/c13-9-6-7-10-11(12(9)17)14-15(16(10)18)8-4-2-1-3-5-8/h1-5,9H,6-7H2. The van der Waals surface area contributed by atoms with E-state index < -0.39 is 0 Å². The van der Waals surface area contributed by atoms with Gasteiger partial charge in [0.15, 0.2) is 5.69 Å². The molecule has 0 fully saturated rings. The maximum atomic E-state index is 12.1. The number of alkyl halides is 1. The van der Waals surface area contributed by atoms with Crippen molar-refractivity contribution in [2.75, 3.05) is 0 Å². The molecule has 0 saturated heterocycles. The molecular formula is C12H10BrN3O2. The van der Waals surface area contributed by atoms with Crippen LogP contribution < -0.4 is 4.85 Å². The van der Waals surface area contributed by atoms with E-state index in [4.69, 9.17) is 0 Å². The van der Waals surface area contributed by atoms with Crippen LogP contribution in [0.3, 0.4) is 0 Å². The van der Waals surface area contributed by atoms with Crippen molar-refractivity contribution in [2.24, 2.45) is 0 Å². The fourth-order valence-electron chi connectivity index (χ4n) is 2.07. The van der Waals surface area contributed by atoms with Crippen molar-refractivity contribution < 1.29 is 9.64 Å². The third-order valence-corrected chi connectivity index (χ3v) is 3.88. The van der Waals surface area contributed by atoms with Crippen LogP contribution in [0.25, 0.3) is 5.69 Å². The molecule has 0 saturated carbocycles. The number of para-hydroxylation sites is 1. The first kappa shape index (κ1) is 11.4. The molecule has 0 bridgehead atoms. The highest BCUT2D eigenvalue weighted by Crippen LogP contribution is 2.22. The molecule has 3 rings (SSSR count). The van der Waals surface area contributed by atoms with Gasteiger partial charge in [-0.15, -0.1) is 4.85 Å². The summed E-state index contributed by atoms with van der Waals surface area (Å²) in [7, 11) is 0. The van der Waals surface area contributed by atoms with Crippen LogP contribution in [0.5, 0.6) is 0 Å². The van der Waals surface area contributed by atoms with E-state index in [2.05, 4.69) is 21.0 Å². The first-order valence-electron chi connectivity index (χ1n) is 5.64. The highest BCUT2D eigenvalue weighted by molar-refractivity contribution is 9.10. The number of fused-ring (bicyclic) bond motifs is 1. The third-order valence-electron chi connectivity index (χ3n) is 3.01. The van der Waals surface area contributed by atoms with Crippen molar-refractivity contribution in [2.45, 2.75) is 17.7 Å². The van der Waals surface area contributed by atoms with Gasteiger partial charge < -0.3 is 5.21 Å². The molecule has 2 aromatic rings. The predicted molar refractivity (Wildman–Crippen MR) is 67.9 cm³/mol. The van der Waals surface area contributed by atoms with Crippen molar-refractivity contribution in [1.82, 2.24) is 9.90 Å². The Morgan fingerprint density at radius 3 is 2.83 bits per heavy atom. The van der Waals surface area contributed by atoms with Gasteiger partial charge in [0, 0.05) is 6.42 Å². The van der Waals surface area contributed by atoms with Gasteiger partial charge in [-0.25, -0.2) is 0 Å². The van der Waals surface area contributed by atoms with Gasteiger partial charge in [0.25, 0.3) is 5.69 Å². The molecule has 0 spiro atoms. The van der Waals surface area contributed by atoms with E-state index in [0.29, 0.717) is 29.1 Å². The van der Waals surface area contributed by atoms with Gasteiger partial charge in [-0.2, -0.15) is 0 Å². The second kappa shape index (κ2) is 4.20. The van der Waals surface area contributed by atoms with Crippen molar-refractivity contribution >= 4 is 21.7 Å². The number of benzene rings is 1. The second-order valence-electron chi connectivity index (χ2n) is 4.16. The molecule has 0 radical (unpaired) electrons. The van der Waals surface area contributed by atoms with Gasteiger partial charge in [0.2, 0.25) is 5.78 Å². The first-order chi connectivity index (χ1) is 8.68. The predicted octanol–water partition coefficient (Wildman–Crippen LogP) is 1.40. The minimum atomic E-state index is -0.232. The summed E-state index contributed by atoms with van der Waals surface area (Å²) in [5.41, 5.74) is 1.39. The number of hydrogen-bond acceptors (Lipinski definition) is 3. The number of aromatic nitrogens is 3. The van der Waals surface area contributed by atoms with Gasteiger partial charge in [0.05, 0.1) is 9.93 Å². The number of hydrogen-bond donors (Lipinski definition) is 0. The summed E-state index contributed by atoms with van der Waals surface area (Å²) in [4.78, 5) is 13.6. The fourth-order valence-corrected chi connectivity index (χ4v) is 2.52. The molecule has 0 amide bonds. The largest absolute Gasteiger partial charge is 0.692 e.